The fourth-order valence-corrected chi connectivity index (χ4v) is 1.05. The molecule has 1 aliphatic carbocycles. The topological polar surface area (TPSA) is 0 Å². The Balaban J connectivity index is -0.000000163. The molecule has 0 heterocycles. The lowest BCUT2D eigenvalue weighted by Gasteiger charge is -1.87. The van der Waals surface area contributed by atoms with E-state index in [0.717, 1.165) is 0 Å². The van der Waals surface area contributed by atoms with E-state index in [1.165, 1.54) is 38.5 Å². The van der Waals surface area contributed by atoms with Crippen LogP contribution >= 0.6 is 0 Å². The minimum Gasteiger partial charge on any atom is -0.0744 e. The largest absolute Gasteiger partial charge is 0.0744 e. The molecule has 0 amide bonds. The average Bonchev–Trinajstić information content (AvgIpc) is 2.68. The van der Waals surface area contributed by atoms with Crippen LogP contribution in [0.1, 0.15) is 93.9 Å². The van der Waals surface area contributed by atoms with Crippen molar-refractivity contribution in [3.8, 4) is 0 Å². The molecular weight excluding hydrogens is 192 g/mol. The zero-order chi connectivity index (χ0) is 13.4. The summed E-state index contributed by atoms with van der Waals surface area (Å²) in [6.07, 6.45) is 8.00. The van der Waals surface area contributed by atoms with E-state index >= 15 is 0 Å². The first-order valence-electron chi connectivity index (χ1n) is 7.29. The molecule has 0 aromatic heterocycles. The molecule has 0 aliphatic heterocycles. The second-order valence-corrected chi connectivity index (χ2v) is 4.12. The third-order valence-electron chi connectivity index (χ3n) is 2.33. The SMILES string of the molecule is CC.CC1=C(C)CCC1.CCC.CCCC. The second-order valence-electron chi connectivity index (χ2n) is 4.12. The molecule has 0 atom stereocenters. The Labute approximate surface area is 106 Å². The van der Waals surface area contributed by atoms with Crippen molar-refractivity contribution in [2.75, 3.05) is 0 Å². The Morgan fingerprint density at radius 2 is 1.00 bits per heavy atom. The molecule has 0 aromatic carbocycles. The van der Waals surface area contributed by atoms with Gasteiger partial charge in [-0.2, -0.15) is 0 Å². The lowest BCUT2D eigenvalue weighted by Crippen LogP contribution is -1.66. The maximum Gasteiger partial charge on any atom is -0.0317 e. The highest BCUT2D eigenvalue weighted by atomic mass is 14.1. The molecule has 0 radical (unpaired) electrons. The first-order chi connectivity index (χ1) is 7.63. The van der Waals surface area contributed by atoms with Crippen LogP contribution in [-0.2, 0) is 0 Å². The monoisotopic (exact) mass is 228 g/mol. The van der Waals surface area contributed by atoms with E-state index in [-0.39, 0.29) is 0 Å². The number of unbranched alkanes of at least 4 members (excludes halogenated alkanes) is 1. The molecule has 0 unspecified atom stereocenters. The summed E-state index contributed by atoms with van der Waals surface area (Å²) in [5.74, 6) is 0. The van der Waals surface area contributed by atoms with Crippen LogP contribution in [0.4, 0.5) is 0 Å². The number of allylic oxidation sites excluding steroid dienone is 2. The minimum atomic E-state index is 1.25. The number of hydrogen-bond donors (Lipinski definition) is 0. The lowest BCUT2D eigenvalue weighted by atomic mass is 10.2. The fourth-order valence-electron chi connectivity index (χ4n) is 1.05. The fraction of sp³-hybridized carbons (Fsp3) is 0.875. The summed E-state index contributed by atoms with van der Waals surface area (Å²) < 4.78 is 0. The van der Waals surface area contributed by atoms with Gasteiger partial charge in [-0.15, -0.1) is 0 Å². The summed E-state index contributed by atoms with van der Waals surface area (Å²) in [7, 11) is 0. The standard InChI is InChI=1S/C7H12.C4H10.C3H8.C2H6/c1-6-4-3-5-7(6)2;1-3-4-2;1-3-2;1-2/h3-5H2,1-2H3;3-4H2,1-2H3;3H2,1-2H3;1-2H3. The molecule has 0 nitrogen and oxygen atoms in total. The predicted molar refractivity (Wildman–Crippen MR) is 80.1 cm³/mol. The second kappa shape index (κ2) is 20.2. The van der Waals surface area contributed by atoms with E-state index < -0.39 is 0 Å². The third-order valence-corrected chi connectivity index (χ3v) is 2.33. The molecule has 1 aliphatic rings. The van der Waals surface area contributed by atoms with Crippen molar-refractivity contribution in [1.29, 1.82) is 0 Å². The van der Waals surface area contributed by atoms with E-state index in [4.69, 9.17) is 0 Å². The van der Waals surface area contributed by atoms with Crippen LogP contribution in [0.15, 0.2) is 11.1 Å². The molecule has 0 fully saturated rings. The summed E-state index contributed by atoms with van der Waals surface area (Å²) in [6, 6.07) is 0. The molecular formula is C16H36. The van der Waals surface area contributed by atoms with Crippen LogP contribution in [0.3, 0.4) is 0 Å². The molecule has 0 aromatic rings. The highest BCUT2D eigenvalue weighted by molar-refractivity contribution is 5.14. The lowest BCUT2D eigenvalue weighted by molar-refractivity contribution is 0.886. The van der Waals surface area contributed by atoms with Crippen LogP contribution in [0.5, 0.6) is 0 Å². The van der Waals surface area contributed by atoms with Crippen molar-refractivity contribution in [2.24, 2.45) is 0 Å². The number of hydrogen-bond acceptors (Lipinski definition) is 0. The Hall–Kier alpha value is -0.260. The van der Waals surface area contributed by atoms with Gasteiger partial charge < -0.3 is 0 Å². The Morgan fingerprint density at radius 3 is 1.06 bits per heavy atom. The highest BCUT2D eigenvalue weighted by Crippen LogP contribution is 2.23. The molecule has 1 rings (SSSR count). The van der Waals surface area contributed by atoms with E-state index in [9.17, 15) is 0 Å². The molecule has 0 heteroatoms. The van der Waals surface area contributed by atoms with Crippen molar-refractivity contribution in [3.63, 3.8) is 0 Å². The van der Waals surface area contributed by atoms with E-state index in [2.05, 4.69) is 41.5 Å². The molecule has 0 saturated heterocycles. The first kappa shape index (κ1) is 21.1. The van der Waals surface area contributed by atoms with Gasteiger partial charge in [0.2, 0.25) is 0 Å². The molecule has 0 N–H and O–H groups in total. The summed E-state index contributed by atoms with van der Waals surface area (Å²) in [6.45, 7) is 17.1. The smallest absolute Gasteiger partial charge is 0.0317 e. The summed E-state index contributed by atoms with van der Waals surface area (Å²) in [4.78, 5) is 0. The molecule has 0 saturated carbocycles. The van der Waals surface area contributed by atoms with Gasteiger partial charge in [0.05, 0.1) is 0 Å². The van der Waals surface area contributed by atoms with Gasteiger partial charge in [-0.3, -0.25) is 0 Å². The molecule has 0 spiro atoms. The van der Waals surface area contributed by atoms with Crippen LogP contribution in [0.2, 0.25) is 0 Å². The highest BCUT2D eigenvalue weighted by Gasteiger charge is 2.03. The van der Waals surface area contributed by atoms with Crippen molar-refractivity contribution in [3.05, 3.63) is 11.1 Å². The Morgan fingerprint density at radius 1 is 0.750 bits per heavy atom. The van der Waals surface area contributed by atoms with Gasteiger partial charge in [0.25, 0.3) is 0 Å². The predicted octanol–water partition coefficient (Wildman–Crippen LogP) is 6.76. The average molecular weight is 228 g/mol. The van der Waals surface area contributed by atoms with E-state index in [0.29, 0.717) is 0 Å². The van der Waals surface area contributed by atoms with Crippen LogP contribution < -0.4 is 0 Å². The summed E-state index contributed by atoms with van der Waals surface area (Å²) in [5.41, 5.74) is 3.25. The van der Waals surface area contributed by atoms with Gasteiger partial charge in [-0.25, -0.2) is 0 Å². The Bertz CT molecular complexity index is 117. The van der Waals surface area contributed by atoms with Gasteiger partial charge in [0.15, 0.2) is 0 Å². The normalized spacial score (nSPS) is 12.8. The van der Waals surface area contributed by atoms with E-state index in [1.54, 1.807) is 11.1 Å². The van der Waals surface area contributed by atoms with Crippen molar-refractivity contribution in [2.45, 2.75) is 93.9 Å². The zero-order valence-corrected chi connectivity index (χ0v) is 13.2. The van der Waals surface area contributed by atoms with Crippen molar-refractivity contribution >= 4 is 0 Å². The van der Waals surface area contributed by atoms with Crippen LogP contribution in [-0.4, -0.2) is 0 Å². The van der Waals surface area contributed by atoms with Gasteiger partial charge >= 0.3 is 0 Å². The maximum absolute atomic E-state index is 2.24. The van der Waals surface area contributed by atoms with Gasteiger partial charge in [-0.05, 0) is 33.1 Å². The first-order valence-corrected chi connectivity index (χ1v) is 7.29. The Kier molecular flexibility index (Phi) is 26.6. The summed E-state index contributed by atoms with van der Waals surface area (Å²) in [5, 5.41) is 0. The molecule has 16 heavy (non-hydrogen) atoms. The molecule has 100 valence electrons. The zero-order valence-electron chi connectivity index (χ0n) is 13.2. The van der Waals surface area contributed by atoms with Gasteiger partial charge in [-0.1, -0.05) is 72.0 Å². The van der Waals surface area contributed by atoms with Crippen LogP contribution in [0, 0.1) is 0 Å². The third kappa shape index (κ3) is 19.3. The molecule has 0 bridgehead atoms. The quantitative estimate of drug-likeness (QED) is 0.435. The van der Waals surface area contributed by atoms with Gasteiger partial charge in [0.1, 0.15) is 0 Å². The van der Waals surface area contributed by atoms with Crippen molar-refractivity contribution in [1.82, 2.24) is 0 Å². The van der Waals surface area contributed by atoms with Crippen molar-refractivity contribution < 1.29 is 0 Å². The number of rotatable bonds is 1. The van der Waals surface area contributed by atoms with Crippen LogP contribution in [0.25, 0.3) is 0 Å². The summed E-state index contributed by atoms with van der Waals surface area (Å²) >= 11 is 0. The van der Waals surface area contributed by atoms with E-state index in [1.807, 2.05) is 13.8 Å². The van der Waals surface area contributed by atoms with Gasteiger partial charge in [0, 0.05) is 0 Å². The maximum atomic E-state index is 2.24. The minimum absolute atomic E-state index is 1.25.